The lowest BCUT2D eigenvalue weighted by molar-refractivity contribution is -0.155. The number of anilines is 1. The van der Waals surface area contributed by atoms with E-state index in [1.54, 1.807) is 48.5 Å². The van der Waals surface area contributed by atoms with Gasteiger partial charge in [0.05, 0.1) is 21.3 Å². The summed E-state index contributed by atoms with van der Waals surface area (Å²) in [6.07, 6.45) is 1.15. The van der Waals surface area contributed by atoms with Crippen LogP contribution in [0.1, 0.15) is 23.7 Å². The maximum absolute atomic E-state index is 12.6. The summed E-state index contributed by atoms with van der Waals surface area (Å²) in [5.74, 6) is -1.11. The van der Waals surface area contributed by atoms with Crippen molar-refractivity contribution < 1.29 is 19.1 Å². The summed E-state index contributed by atoms with van der Waals surface area (Å²) < 4.78 is 5.30. The second-order valence-electron chi connectivity index (χ2n) is 6.34. The molecule has 0 fully saturated rings. The third-order valence-electron chi connectivity index (χ3n) is 4.11. The summed E-state index contributed by atoms with van der Waals surface area (Å²) in [5, 5.41) is 5.91. The molecule has 2 atom stereocenters. The predicted molar refractivity (Wildman–Crippen MR) is 121 cm³/mol. The first-order valence-corrected chi connectivity index (χ1v) is 11.3. The number of carbonyl (C=O) groups is 3. The van der Waals surface area contributed by atoms with Crippen molar-refractivity contribution in [3.8, 4) is 0 Å². The quantitative estimate of drug-likeness (QED) is 0.532. The Morgan fingerprint density at radius 3 is 2.30 bits per heavy atom. The van der Waals surface area contributed by atoms with Crippen molar-refractivity contribution >= 4 is 58.4 Å². The third kappa shape index (κ3) is 6.93. The van der Waals surface area contributed by atoms with E-state index in [4.69, 9.17) is 27.9 Å². The van der Waals surface area contributed by atoms with Gasteiger partial charge in [0, 0.05) is 0 Å². The van der Waals surface area contributed by atoms with Crippen LogP contribution in [0.3, 0.4) is 0 Å². The Morgan fingerprint density at radius 2 is 1.67 bits per heavy atom. The first kappa shape index (κ1) is 24.1. The molecule has 2 aromatic carbocycles. The molecule has 0 saturated carbocycles. The number of benzene rings is 2. The average Bonchev–Trinajstić information content (AvgIpc) is 2.72. The van der Waals surface area contributed by atoms with Gasteiger partial charge in [-0.25, -0.2) is 4.79 Å². The van der Waals surface area contributed by atoms with E-state index < -0.39 is 29.9 Å². The lowest BCUT2D eigenvalue weighted by Crippen LogP contribution is -2.44. The molecule has 30 heavy (non-hydrogen) atoms. The van der Waals surface area contributed by atoms with Crippen LogP contribution in [0.5, 0.6) is 0 Å². The van der Waals surface area contributed by atoms with Crippen molar-refractivity contribution in [3.05, 3.63) is 64.1 Å². The van der Waals surface area contributed by atoms with Crippen LogP contribution in [0, 0.1) is 0 Å². The normalized spacial score (nSPS) is 12.5. The van der Waals surface area contributed by atoms with Crippen LogP contribution in [-0.2, 0) is 14.3 Å². The summed E-state index contributed by atoms with van der Waals surface area (Å²) in [6, 6.07) is 12.4. The van der Waals surface area contributed by atoms with Crippen LogP contribution in [0.25, 0.3) is 0 Å². The zero-order valence-corrected chi connectivity index (χ0v) is 18.8. The number of esters is 1. The highest BCUT2D eigenvalue weighted by molar-refractivity contribution is 7.98. The van der Waals surface area contributed by atoms with E-state index in [1.165, 1.54) is 18.7 Å². The summed E-state index contributed by atoms with van der Waals surface area (Å²) >= 11 is 13.6. The molecule has 2 N–H and O–H groups in total. The second kappa shape index (κ2) is 11.8. The van der Waals surface area contributed by atoms with Crippen LogP contribution in [-0.4, -0.2) is 41.9 Å². The van der Waals surface area contributed by atoms with Gasteiger partial charge in [-0.1, -0.05) is 47.5 Å². The van der Waals surface area contributed by atoms with Crippen LogP contribution in [0.2, 0.25) is 10.0 Å². The molecule has 0 spiro atoms. The number of halogens is 2. The molecule has 9 heteroatoms. The number of hydrogen-bond donors (Lipinski definition) is 2. The van der Waals surface area contributed by atoms with Gasteiger partial charge in [-0.05, 0) is 49.6 Å². The number of para-hydroxylation sites is 1. The third-order valence-corrected chi connectivity index (χ3v) is 5.42. The number of ether oxygens (including phenoxy) is 1. The second-order valence-corrected chi connectivity index (χ2v) is 8.14. The topological polar surface area (TPSA) is 84.5 Å². The van der Waals surface area contributed by atoms with Crippen molar-refractivity contribution in [1.29, 1.82) is 0 Å². The minimum atomic E-state index is -1.08. The zero-order valence-electron chi connectivity index (χ0n) is 16.5. The highest BCUT2D eigenvalue weighted by Crippen LogP contribution is 2.21. The minimum Gasteiger partial charge on any atom is -0.451 e. The maximum Gasteiger partial charge on any atom is 0.329 e. The molecular formula is C21H22Cl2N2O4S. The molecule has 160 valence electrons. The zero-order chi connectivity index (χ0) is 22.1. The fourth-order valence-corrected chi connectivity index (χ4v) is 3.35. The number of nitrogens with one attached hydrogen (secondary N) is 2. The molecule has 2 unspecified atom stereocenters. The molecule has 6 nitrogen and oxygen atoms in total. The number of thioether (sulfide) groups is 1. The average molecular weight is 469 g/mol. The fraction of sp³-hybridized carbons (Fsp3) is 0.286. The van der Waals surface area contributed by atoms with Gasteiger partial charge in [0.2, 0.25) is 0 Å². The number of carbonyl (C=O) groups excluding carboxylic acids is 3. The minimum absolute atomic E-state index is 0.255. The fourth-order valence-electron chi connectivity index (χ4n) is 2.47. The van der Waals surface area contributed by atoms with Crippen molar-refractivity contribution in [1.82, 2.24) is 5.32 Å². The molecule has 0 bridgehead atoms. The van der Waals surface area contributed by atoms with Gasteiger partial charge in [-0.2, -0.15) is 11.8 Å². The molecule has 0 aliphatic rings. The van der Waals surface area contributed by atoms with Crippen molar-refractivity contribution in [3.63, 3.8) is 0 Å². The van der Waals surface area contributed by atoms with E-state index in [-0.39, 0.29) is 10.6 Å². The van der Waals surface area contributed by atoms with Crippen LogP contribution in [0.15, 0.2) is 48.5 Å². The molecule has 0 aromatic heterocycles. The van der Waals surface area contributed by atoms with Gasteiger partial charge in [0.15, 0.2) is 6.10 Å². The number of amides is 2. The standard InChI is InChI=1S/C21H22Cl2N2O4S/c1-13(19(26)24-17-10-6-5-9-16(17)23)29-21(28)18(11-12-30-2)25-20(27)14-7-3-4-8-15(14)22/h3-10,13,18H,11-12H2,1-2H3,(H,24,26)(H,25,27). The molecule has 0 aliphatic heterocycles. The van der Waals surface area contributed by atoms with Gasteiger partial charge >= 0.3 is 5.97 Å². The Bertz CT molecular complexity index is 910. The van der Waals surface area contributed by atoms with Crippen molar-refractivity contribution in [2.24, 2.45) is 0 Å². The molecule has 2 amide bonds. The molecule has 0 aliphatic carbocycles. The highest BCUT2D eigenvalue weighted by Gasteiger charge is 2.27. The molecule has 0 radical (unpaired) electrons. The van der Waals surface area contributed by atoms with Crippen LogP contribution in [0.4, 0.5) is 5.69 Å². The SMILES string of the molecule is CSCCC(NC(=O)c1ccccc1Cl)C(=O)OC(C)C(=O)Nc1ccccc1Cl. The Labute approximate surface area is 189 Å². The van der Waals surface area contributed by atoms with Gasteiger partial charge < -0.3 is 15.4 Å². The summed E-state index contributed by atoms with van der Waals surface area (Å²) in [5.41, 5.74) is 0.670. The summed E-state index contributed by atoms with van der Waals surface area (Å²) in [7, 11) is 0. The first-order chi connectivity index (χ1) is 14.3. The van der Waals surface area contributed by atoms with Gasteiger partial charge in [-0.15, -0.1) is 0 Å². The lowest BCUT2D eigenvalue weighted by Gasteiger charge is -2.20. The Morgan fingerprint density at radius 1 is 1.03 bits per heavy atom. The number of hydrogen-bond acceptors (Lipinski definition) is 5. The summed E-state index contributed by atoms with van der Waals surface area (Å²) in [4.78, 5) is 37.6. The van der Waals surface area contributed by atoms with E-state index >= 15 is 0 Å². The molecule has 0 saturated heterocycles. The predicted octanol–water partition coefficient (Wildman–Crippen LogP) is 4.42. The highest BCUT2D eigenvalue weighted by atomic mass is 35.5. The smallest absolute Gasteiger partial charge is 0.329 e. The van der Waals surface area contributed by atoms with E-state index in [9.17, 15) is 14.4 Å². The van der Waals surface area contributed by atoms with E-state index in [0.717, 1.165) is 0 Å². The molecule has 0 heterocycles. The molecule has 2 aromatic rings. The van der Waals surface area contributed by atoms with Gasteiger partial charge in [0.25, 0.3) is 11.8 Å². The molecule has 2 rings (SSSR count). The first-order valence-electron chi connectivity index (χ1n) is 9.13. The largest absolute Gasteiger partial charge is 0.451 e. The van der Waals surface area contributed by atoms with Crippen LogP contribution >= 0.6 is 35.0 Å². The monoisotopic (exact) mass is 468 g/mol. The van der Waals surface area contributed by atoms with E-state index in [0.29, 0.717) is 22.9 Å². The summed E-state index contributed by atoms with van der Waals surface area (Å²) in [6.45, 7) is 1.45. The Balaban J connectivity index is 2.03. The van der Waals surface area contributed by atoms with Crippen molar-refractivity contribution in [2.45, 2.75) is 25.5 Å². The molecular weight excluding hydrogens is 447 g/mol. The number of rotatable bonds is 9. The maximum atomic E-state index is 12.6. The van der Waals surface area contributed by atoms with E-state index in [1.807, 2.05) is 6.26 Å². The van der Waals surface area contributed by atoms with Gasteiger partial charge in [0.1, 0.15) is 6.04 Å². The Hall–Kier alpha value is -2.22. The lowest BCUT2D eigenvalue weighted by atomic mass is 10.1. The van der Waals surface area contributed by atoms with Crippen LogP contribution < -0.4 is 10.6 Å². The Kier molecular flexibility index (Phi) is 9.49. The van der Waals surface area contributed by atoms with Gasteiger partial charge in [-0.3, -0.25) is 9.59 Å². The van der Waals surface area contributed by atoms with Crippen molar-refractivity contribution in [2.75, 3.05) is 17.3 Å². The van der Waals surface area contributed by atoms with E-state index in [2.05, 4.69) is 10.6 Å².